The first kappa shape index (κ1) is 11.3. The van der Waals surface area contributed by atoms with E-state index in [1.54, 1.807) is 6.20 Å². The molecule has 3 nitrogen and oxygen atoms in total. The smallest absolute Gasteiger partial charge is 0.126 e. The van der Waals surface area contributed by atoms with Gasteiger partial charge in [0, 0.05) is 17.8 Å². The molecular formula is C12H17N3S. The van der Waals surface area contributed by atoms with Gasteiger partial charge in [0.2, 0.25) is 0 Å². The first-order chi connectivity index (χ1) is 7.66. The molecule has 1 aromatic heterocycles. The van der Waals surface area contributed by atoms with Gasteiger partial charge in [-0.3, -0.25) is 0 Å². The molecule has 1 fully saturated rings. The predicted molar refractivity (Wildman–Crippen MR) is 70.6 cm³/mol. The predicted octanol–water partition coefficient (Wildman–Crippen LogP) is 2.32. The molecule has 0 bridgehead atoms. The molecular weight excluding hydrogens is 218 g/mol. The van der Waals surface area contributed by atoms with E-state index in [1.165, 1.54) is 19.3 Å². The molecule has 1 aliphatic carbocycles. The van der Waals surface area contributed by atoms with Gasteiger partial charge in [-0.2, -0.15) is 0 Å². The zero-order chi connectivity index (χ0) is 11.5. The standard InChI is InChI=1S/C12H17N3S/c1-8-3-2-4-10(8)15-11-7-9(12(13)16)5-6-14-11/h5-8,10H,2-4H2,1H3,(H2,13,16)(H,14,15). The first-order valence-corrected chi connectivity index (χ1v) is 6.10. The number of nitrogens with one attached hydrogen (secondary N) is 1. The Morgan fingerprint density at radius 2 is 2.38 bits per heavy atom. The second kappa shape index (κ2) is 4.78. The van der Waals surface area contributed by atoms with Crippen LogP contribution in [-0.4, -0.2) is 16.0 Å². The van der Waals surface area contributed by atoms with Crippen molar-refractivity contribution in [1.82, 2.24) is 4.98 Å². The van der Waals surface area contributed by atoms with Crippen molar-refractivity contribution in [2.75, 3.05) is 5.32 Å². The number of thiocarbonyl (C=S) groups is 1. The fraction of sp³-hybridized carbons (Fsp3) is 0.500. The quantitative estimate of drug-likeness (QED) is 0.789. The van der Waals surface area contributed by atoms with E-state index in [2.05, 4.69) is 17.2 Å². The Kier molecular flexibility index (Phi) is 3.39. The lowest BCUT2D eigenvalue weighted by molar-refractivity contribution is 0.555. The third-order valence-corrected chi connectivity index (χ3v) is 3.47. The normalized spacial score (nSPS) is 24.3. The van der Waals surface area contributed by atoms with Crippen molar-refractivity contribution >= 4 is 23.0 Å². The van der Waals surface area contributed by atoms with E-state index in [-0.39, 0.29) is 0 Å². The molecule has 2 unspecified atom stereocenters. The van der Waals surface area contributed by atoms with Gasteiger partial charge >= 0.3 is 0 Å². The summed E-state index contributed by atoms with van der Waals surface area (Å²) in [6.45, 7) is 2.28. The maximum Gasteiger partial charge on any atom is 0.126 e. The summed E-state index contributed by atoms with van der Waals surface area (Å²) in [5, 5.41) is 3.46. The van der Waals surface area contributed by atoms with Crippen LogP contribution in [0, 0.1) is 5.92 Å². The SMILES string of the molecule is CC1CCCC1Nc1cc(C(N)=S)ccn1. The van der Waals surface area contributed by atoms with Gasteiger partial charge in [0.1, 0.15) is 10.8 Å². The van der Waals surface area contributed by atoms with Crippen LogP contribution in [0.15, 0.2) is 18.3 Å². The van der Waals surface area contributed by atoms with Gasteiger partial charge in [-0.05, 0) is 30.9 Å². The van der Waals surface area contributed by atoms with Gasteiger partial charge in [-0.1, -0.05) is 25.6 Å². The topological polar surface area (TPSA) is 50.9 Å². The number of pyridine rings is 1. The molecule has 0 spiro atoms. The number of nitrogens with zero attached hydrogens (tertiary/aromatic N) is 1. The molecule has 2 rings (SSSR count). The number of hydrogen-bond donors (Lipinski definition) is 2. The molecule has 16 heavy (non-hydrogen) atoms. The molecule has 86 valence electrons. The number of nitrogens with two attached hydrogens (primary N) is 1. The van der Waals surface area contributed by atoms with E-state index in [9.17, 15) is 0 Å². The van der Waals surface area contributed by atoms with E-state index < -0.39 is 0 Å². The van der Waals surface area contributed by atoms with E-state index in [4.69, 9.17) is 18.0 Å². The summed E-state index contributed by atoms with van der Waals surface area (Å²) in [6, 6.07) is 4.30. The fourth-order valence-electron chi connectivity index (χ4n) is 2.21. The molecule has 1 heterocycles. The largest absolute Gasteiger partial charge is 0.389 e. The average Bonchev–Trinajstić information content (AvgIpc) is 2.65. The van der Waals surface area contributed by atoms with Gasteiger partial charge in [0.15, 0.2) is 0 Å². The van der Waals surface area contributed by atoms with Gasteiger partial charge < -0.3 is 11.1 Å². The van der Waals surface area contributed by atoms with Crippen LogP contribution in [-0.2, 0) is 0 Å². The molecule has 0 radical (unpaired) electrons. The zero-order valence-electron chi connectivity index (χ0n) is 9.44. The van der Waals surface area contributed by atoms with E-state index in [0.29, 0.717) is 11.0 Å². The van der Waals surface area contributed by atoms with Crippen molar-refractivity contribution in [1.29, 1.82) is 0 Å². The molecule has 0 amide bonds. The van der Waals surface area contributed by atoms with Crippen LogP contribution in [0.4, 0.5) is 5.82 Å². The molecule has 3 N–H and O–H groups in total. The summed E-state index contributed by atoms with van der Waals surface area (Å²) in [5.41, 5.74) is 6.47. The maximum absolute atomic E-state index is 5.59. The van der Waals surface area contributed by atoms with Gasteiger partial charge in [0.25, 0.3) is 0 Å². The number of anilines is 1. The van der Waals surface area contributed by atoms with Crippen LogP contribution in [0.3, 0.4) is 0 Å². The van der Waals surface area contributed by atoms with Crippen molar-refractivity contribution in [3.8, 4) is 0 Å². The van der Waals surface area contributed by atoms with E-state index in [0.717, 1.165) is 17.3 Å². The van der Waals surface area contributed by atoms with Crippen LogP contribution in [0.25, 0.3) is 0 Å². The highest BCUT2D eigenvalue weighted by Gasteiger charge is 2.23. The second-order valence-corrected chi connectivity index (χ2v) is 4.89. The Balaban J connectivity index is 2.09. The Morgan fingerprint density at radius 3 is 3.00 bits per heavy atom. The average molecular weight is 235 g/mol. The summed E-state index contributed by atoms with van der Waals surface area (Å²) in [5.74, 6) is 1.60. The lowest BCUT2D eigenvalue weighted by atomic mass is 10.1. The second-order valence-electron chi connectivity index (χ2n) is 4.45. The minimum Gasteiger partial charge on any atom is -0.389 e. The third kappa shape index (κ3) is 2.50. The van der Waals surface area contributed by atoms with Crippen LogP contribution < -0.4 is 11.1 Å². The van der Waals surface area contributed by atoms with Crippen molar-refractivity contribution in [2.45, 2.75) is 32.2 Å². The Hall–Kier alpha value is -1.16. The van der Waals surface area contributed by atoms with Crippen molar-refractivity contribution in [2.24, 2.45) is 11.7 Å². The summed E-state index contributed by atoms with van der Waals surface area (Å²) in [4.78, 5) is 4.71. The van der Waals surface area contributed by atoms with Crippen LogP contribution in [0.1, 0.15) is 31.7 Å². The molecule has 4 heteroatoms. The fourth-order valence-corrected chi connectivity index (χ4v) is 2.34. The highest BCUT2D eigenvalue weighted by atomic mass is 32.1. The first-order valence-electron chi connectivity index (χ1n) is 5.69. The monoisotopic (exact) mass is 235 g/mol. The lowest BCUT2D eigenvalue weighted by Gasteiger charge is -2.18. The zero-order valence-corrected chi connectivity index (χ0v) is 10.3. The lowest BCUT2D eigenvalue weighted by Crippen LogP contribution is -2.22. The van der Waals surface area contributed by atoms with Crippen LogP contribution in [0.2, 0.25) is 0 Å². The number of aromatic nitrogens is 1. The molecule has 2 atom stereocenters. The van der Waals surface area contributed by atoms with Crippen molar-refractivity contribution in [3.63, 3.8) is 0 Å². The maximum atomic E-state index is 5.59. The van der Waals surface area contributed by atoms with Gasteiger partial charge in [0.05, 0.1) is 0 Å². The Labute approximate surface area is 101 Å². The summed E-state index contributed by atoms with van der Waals surface area (Å²) in [6.07, 6.45) is 5.57. The summed E-state index contributed by atoms with van der Waals surface area (Å²) < 4.78 is 0. The molecule has 1 aromatic rings. The van der Waals surface area contributed by atoms with E-state index >= 15 is 0 Å². The molecule has 0 aliphatic heterocycles. The molecule has 1 aliphatic rings. The van der Waals surface area contributed by atoms with Crippen molar-refractivity contribution in [3.05, 3.63) is 23.9 Å². The minimum atomic E-state index is 0.421. The Morgan fingerprint density at radius 1 is 1.56 bits per heavy atom. The molecule has 0 saturated heterocycles. The van der Waals surface area contributed by atoms with Crippen molar-refractivity contribution < 1.29 is 0 Å². The summed E-state index contributed by atoms with van der Waals surface area (Å²) >= 11 is 4.95. The number of rotatable bonds is 3. The molecule has 0 aromatic carbocycles. The van der Waals surface area contributed by atoms with Crippen LogP contribution in [0.5, 0.6) is 0 Å². The van der Waals surface area contributed by atoms with E-state index in [1.807, 2.05) is 12.1 Å². The van der Waals surface area contributed by atoms with Crippen LogP contribution >= 0.6 is 12.2 Å². The highest BCUT2D eigenvalue weighted by molar-refractivity contribution is 7.80. The van der Waals surface area contributed by atoms with Gasteiger partial charge in [-0.15, -0.1) is 0 Å². The number of hydrogen-bond acceptors (Lipinski definition) is 3. The van der Waals surface area contributed by atoms with Gasteiger partial charge in [-0.25, -0.2) is 4.98 Å². The summed E-state index contributed by atoms with van der Waals surface area (Å²) in [7, 11) is 0. The third-order valence-electron chi connectivity index (χ3n) is 3.24. The Bertz CT molecular complexity index is 392. The highest BCUT2D eigenvalue weighted by Crippen LogP contribution is 2.27. The molecule has 1 saturated carbocycles. The minimum absolute atomic E-state index is 0.421.